The van der Waals surface area contributed by atoms with Crippen LogP contribution in [0.1, 0.15) is 30.6 Å². The Morgan fingerprint density at radius 2 is 2.21 bits per heavy atom. The molecule has 2 rings (SSSR count). The highest BCUT2D eigenvalue weighted by Gasteiger charge is 2.19. The van der Waals surface area contributed by atoms with Gasteiger partial charge < -0.3 is 5.32 Å². The van der Waals surface area contributed by atoms with Crippen molar-refractivity contribution in [1.29, 1.82) is 0 Å². The van der Waals surface area contributed by atoms with E-state index in [2.05, 4.69) is 38.1 Å². The fourth-order valence-corrected chi connectivity index (χ4v) is 2.25. The van der Waals surface area contributed by atoms with Crippen LogP contribution < -0.4 is 5.32 Å². The van der Waals surface area contributed by atoms with E-state index < -0.39 is 0 Å². The predicted octanol–water partition coefficient (Wildman–Crippen LogP) is 3.47. The molecule has 1 unspecified atom stereocenters. The molecular formula is C14H15BrFN3. The largest absolute Gasteiger partial charge is 0.305 e. The Morgan fingerprint density at radius 3 is 2.89 bits per heavy atom. The zero-order valence-electron chi connectivity index (χ0n) is 10.6. The Kier molecular flexibility index (Phi) is 4.99. The van der Waals surface area contributed by atoms with Gasteiger partial charge in [-0.25, -0.2) is 4.39 Å². The Labute approximate surface area is 120 Å². The van der Waals surface area contributed by atoms with Crippen LogP contribution >= 0.6 is 15.9 Å². The van der Waals surface area contributed by atoms with E-state index in [4.69, 9.17) is 0 Å². The van der Waals surface area contributed by atoms with Crippen LogP contribution in [0.4, 0.5) is 4.39 Å². The normalized spacial score (nSPS) is 12.4. The van der Waals surface area contributed by atoms with Crippen LogP contribution in [0.25, 0.3) is 0 Å². The lowest BCUT2D eigenvalue weighted by Gasteiger charge is -2.19. The van der Waals surface area contributed by atoms with E-state index in [1.807, 2.05) is 6.07 Å². The number of aromatic nitrogens is 2. The summed E-state index contributed by atoms with van der Waals surface area (Å²) in [6.07, 6.45) is 5.85. The molecule has 0 fully saturated rings. The highest BCUT2D eigenvalue weighted by atomic mass is 79.9. The molecule has 19 heavy (non-hydrogen) atoms. The summed E-state index contributed by atoms with van der Waals surface area (Å²) in [6.45, 7) is 2.85. The summed E-state index contributed by atoms with van der Waals surface area (Å²) < 4.78 is 14.7. The molecular weight excluding hydrogens is 309 g/mol. The van der Waals surface area contributed by atoms with Crippen molar-refractivity contribution < 1.29 is 4.39 Å². The minimum atomic E-state index is -0.286. The lowest BCUT2D eigenvalue weighted by molar-refractivity contribution is 0.535. The summed E-state index contributed by atoms with van der Waals surface area (Å²) in [4.78, 5) is 8.33. The maximum Gasteiger partial charge on any atom is 0.142 e. The van der Waals surface area contributed by atoms with Gasteiger partial charge in [0.1, 0.15) is 5.82 Å². The van der Waals surface area contributed by atoms with E-state index in [1.165, 1.54) is 0 Å². The van der Waals surface area contributed by atoms with Crippen LogP contribution in [0.3, 0.4) is 0 Å². The van der Waals surface area contributed by atoms with Crippen molar-refractivity contribution >= 4 is 15.9 Å². The number of benzene rings is 1. The Balaban J connectivity index is 2.40. The molecule has 0 aliphatic rings. The molecule has 1 aromatic carbocycles. The van der Waals surface area contributed by atoms with Gasteiger partial charge in [0, 0.05) is 18.0 Å². The summed E-state index contributed by atoms with van der Waals surface area (Å²) in [5, 5.41) is 3.31. The molecule has 0 saturated carbocycles. The SMILES string of the molecule is CCCNC(c1cnccn1)c1cccc(Br)c1F. The summed E-state index contributed by atoms with van der Waals surface area (Å²) >= 11 is 3.22. The van der Waals surface area contributed by atoms with Gasteiger partial charge in [0.25, 0.3) is 0 Å². The molecule has 0 radical (unpaired) electrons. The molecule has 1 atom stereocenters. The second-order valence-corrected chi connectivity index (χ2v) is 5.01. The number of halogens is 2. The van der Waals surface area contributed by atoms with Gasteiger partial charge in [0.2, 0.25) is 0 Å². The van der Waals surface area contributed by atoms with Crippen molar-refractivity contribution in [2.24, 2.45) is 0 Å². The molecule has 1 N–H and O–H groups in total. The third-order valence-electron chi connectivity index (χ3n) is 2.77. The summed E-state index contributed by atoms with van der Waals surface area (Å²) in [6, 6.07) is 4.99. The van der Waals surface area contributed by atoms with E-state index in [0.717, 1.165) is 13.0 Å². The standard InChI is InChI=1S/C14H15BrFN3/c1-2-6-19-14(12-9-17-7-8-18-12)10-4-3-5-11(15)13(10)16/h3-5,7-9,14,19H,2,6H2,1H3. The van der Waals surface area contributed by atoms with Gasteiger partial charge in [0.05, 0.1) is 22.4 Å². The Morgan fingerprint density at radius 1 is 1.37 bits per heavy atom. The van der Waals surface area contributed by atoms with Crippen molar-refractivity contribution in [2.75, 3.05) is 6.54 Å². The monoisotopic (exact) mass is 323 g/mol. The molecule has 5 heteroatoms. The number of hydrogen-bond donors (Lipinski definition) is 1. The maximum atomic E-state index is 14.2. The number of nitrogens with one attached hydrogen (secondary N) is 1. The van der Waals surface area contributed by atoms with Crippen LogP contribution in [0.15, 0.2) is 41.3 Å². The highest BCUT2D eigenvalue weighted by molar-refractivity contribution is 9.10. The van der Waals surface area contributed by atoms with E-state index in [0.29, 0.717) is 15.7 Å². The van der Waals surface area contributed by atoms with Gasteiger partial charge in [0.15, 0.2) is 0 Å². The first kappa shape index (κ1) is 14.1. The van der Waals surface area contributed by atoms with Crippen LogP contribution in [0, 0.1) is 5.82 Å². The van der Waals surface area contributed by atoms with Crippen LogP contribution in [0.5, 0.6) is 0 Å². The van der Waals surface area contributed by atoms with E-state index in [9.17, 15) is 4.39 Å². The molecule has 0 saturated heterocycles. The summed E-state index contributed by atoms with van der Waals surface area (Å²) in [7, 11) is 0. The number of rotatable bonds is 5. The third kappa shape index (κ3) is 3.36. The smallest absolute Gasteiger partial charge is 0.142 e. The Bertz CT molecular complexity index is 533. The Hall–Kier alpha value is -1.33. The molecule has 1 aromatic heterocycles. The minimum absolute atomic E-state index is 0.262. The van der Waals surface area contributed by atoms with E-state index in [-0.39, 0.29) is 11.9 Å². The second kappa shape index (κ2) is 6.73. The molecule has 0 spiro atoms. The molecule has 0 aliphatic carbocycles. The van der Waals surface area contributed by atoms with Gasteiger partial charge in [-0.1, -0.05) is 19.1 Å². The van der Waals surface area contributed by atoms with Crippen molar-refractivity contribution in [2.45, 2.75) is 19.4 Å². The second-order valence-electron chi connectivity index (χ2n) is 4.16. The third-order valence-corrected chi connectivity index (χ3v) is 3.38. The van der Waals surface area contributed by atoms with E-state index >= 15 is 0 Å². The minimum Gasteiger partial charge on any atom is -0.305 e. The molecule has 2 aromatic rings. The average Bonchev–Trinajstić information content (AvgIpc) is 2.45. The van der Waals surface area contributed by atoms with Crippen LogP contribution in [0.2, 0.25) is 0 Å². The van der Waals surface area contributed by atoms with Crippen LogP contribution in [-0.4, -0.2) is 16.5 Å². The molecule has 1 heterocycles. The fourth-order valence-electron chi connectivity index (χ4n) is 1.87. The number of nitrogens with zero attached hydrogens (tertiary/aromatic N) is 2. The first-order chi connectivity index (χ1) is 9.24. The van der Waals surface area contributed by atoms with Crippen molar-refractivity contribution in [3.63, 3.8) is 0 Å². The van der Waals surface area contributed by atoms with Gasteiger partial charge in [-0.15, -0.1) is 0 Å². The van der Waals surface area contributed by atoms with Crippen molar-refractivity contribution in [3.05, 3.63) is 58.3 Å². The molecule has 0 amide bonds. The lowest BCUT2D eigenvalue weighted by atomic mass is 10.0. The van der Waals surface area contributed by atoms with Gasteiger partial charge in [-0.2, -0.15) is 0 Å². The molecule has 3 nitrogen and oxygen atoms in total. The van der Waals surface area contributed by atoms with Gasteiger partial charge in [-0.05, 0) is 35.0 Å². The summed E-state index contributed by atoms with van der Waals surface area (Å²) in [5.74, 6) is -0.262. The highest BCUT2D eigenvalue weighted by Crippen LogP contribution is 2.27. The molecule has 0 bridgehead atoms. The van der Waals surface area contributed by atoms with E-state index in [1.54, 1.807) is 30.7 Å². The van der Waals surface area contributed by atoms with Gasteiger partial charge >= 0.3 is 0 Å². The van der Waals surface area contributed by atoms with Gasteiger partial charge in [-0.3, -0.25) is 9.97 Å². The fraction of sp³-hybridized carbons (Fsp3) is 0.286. The zero-order chi connectivity index (χ0) is 13.7. The quantitative estimate of drug-likeness (QED) is 0.915. The summed E-state index contributed by atoms with van der Waals surface area (Å²) in [5.41, 5.74) is 1.29. The van der Waals surface area contributed by atoms with Crippen molar-refractivity contribution in [1.82, 2.24) is 15.3 Å². The maximum absolute atomic E-state index is 14.2. The first-order valence-corrected chi connectivity index (χ1v) is 6.96. The molecule has 0 aliphatic heterocycles. The zero-order valence-corrected chi connectivity index (χ0v) is 12.2. The predicted molar refractivity (Wildman–Crippen MR) is 76.3 cm³/mol. The topological polar surface area (TPSA) is 37.8 Å². The lowest BCUT2D eigenvalue weighted by Crippen LogP contribution is -2.25. The van der Waals surface area contributed by atoms with Crippen LogP contribution in [-0.2, 0) is 0 Å². The average molecular weight is 324 g/mol. The molecule has 100 valence electrons. The first-order valence-electron chi connectivity index (χ1n) is 6.17. The van der Waals surface area contributed by atoms with Crippen molar-refractivity contribution in [3.8, 4) is 0 Å². The number of hydrogen-bond acceptors (Lipinski definition) is 3.